The summed E-state index contributed by atoms with van der Waals surface area (Å²) in [5, 5.41) is 12.3. The summed E-state index contributed by atoms with van der Waals surface area (Å²) in [5.74, 6) is 2.11. The summed E-state index contributed by atoms with van der Waals surface area (Å²) < 4.78 is 7.56. The number of anilines is 1. The van der Waals surface area contributed by atoms with Gasteiger partial charge in [0.1, 0.15) is 12.1 Å². The number of ether oxygens (including phenoxy) is 1. The van der Waals surface area contributed by atoms with Crippen molar-refractivity contribution >= 4 is 23.2 Å². The quantitative estimate of drug-likeness (QED) is 0.810. The van der Waals surface area contributed by atoms with Crippen LogP contribution in [0.4, 0.5) is 5.82 Å². The zero-order valence-corrected chi connectivity index (χ0v) is 11.5. The molecular weight excluding hydrogens is 262 g/mol. The molecule has 4 rings (SSSR count). The molecule has 1 atom stereocenters. The van der Waals surface area contributed by atoms with E-state index in [0.29, 0.717) is 10.9 Å². The molecule has 2 aromatic rings. The maximum absolute atomic E-state index is 5.45. The van der Waals surface area contributed by atoms with Crippen LogP contribution in [0.2, 0.25) is 0 Å². The molecule has 2 aromatic heterocycles. The van der Waals surface area contributed by atoms with Gasteiger partial charge in [0.2, 0.25) is 0 Å². The lowest BCUT2D eigenvalue weighted by Gasteiger charge is -2.48. The molecule has 4 heterocycles. The first-order chi connectivity index (χ1) is 9.28. The SMILES string of the molecule is COC1CSC2(C1)CN(c1ccc3nncn3n1)C2. The molecule has 0 aromatic carbocycles. The Balaban J connectivity index is 1.50. The Hall–Kier alpha value is -1.34. The molecule has 0 saturated carbocycles. The van der Waals surface area contributed by atoms with Crippen LogP contribution in [0.25, 0.3) is 5.65 Å². The fourth-order valence-electron chi connectivity index (χ4n) is 2.87. The first kappa shape index (κ1) is 11.5. The molecule has 0 N–H and O–H groups in total. The molecule has 0 amide bonds. The Bertz CT molecular complexity index is 609. The van der Waals surface area contributed by atoms with Gasteiger partial charge in [-0.2, -0.15) is 4.52 Å². The molecule has 2 aliphatic rings. The maximum Gasteiger partial charge on any atom is 0.177 e. The summed E-state index contributed by atoms with van der Waals surface area (Å²) in [6.45, 7) is 2.11. The third-order valence-corrected chi connectivity index (χ3v) is 5.51. The van der Waals surface area contributed by atoms with Crippen molar-refractivity contribution in [2.45, 2.75) is 17.3 Å². The average Bonchev–Trinajstić information content (AvgIpc) is 3.02. The van der Waals surface area contributed by atoms with Gasteiger partial charge in [-0.05, 0) is 18.6 Å². The molecule has 6 nitrogen and oxygen atoms in total. The lowest BCUT2D eigenvalue weighted by molar-refractivity contribution is 0.109. The van der Waals surface area contributed by atoms with Crippen LogP contribution < -0.4 is 4.90 Å². The van der Waals surface area contributed by atoms with E-state index in [1.807, 2.05) is 31.0 Å². The Kier molecular flexibility index (Phi) is 2.46. The molecule has 0 radical (unpaired) electrons. The van der Waals surface area contributed by atoms with Gasteiger partial charge < -0.3 is 9.64 Å². The summed E-state index contributed by atoms with van der Waals surface area (Å²) >= 11 is 2.04. The second-order valence-corrected chi connectivity index (χ2v) is 6.73. The fourth-order valence-corrected chi connectivity index (χ4v) is 4.46. The van der Waals surface area contributed by atoms with Crippen LogP contribution in [-0.2, 0) is 4.74 Å². The fraction of sp³-hybridized carbons (Fsp3) is 0.583. The predicted molar refractivity (Wildman–Crippen MR) is 73.6 cm³/mol. The van der Waals surface area contributed by atoms with Gasteiger partial charge in [-0.3, -0.25) is 0 Å². The number of thioether (sulfide) groups is 1. The van der Waals surface area contributed by atoms with Gasteiger partial charge in [0.15, 0.2) is 5.65 Å². The lowest BCUT2D eigenvalue weighted by Crippen LogP contribution is -2.59. The van der Waals surface area contributed by atoms with E-state index in [1.54, 1.807) is 10.8 Å². The van der Waals surface area contributed by atoms with Crippen LogP contribution in [0.1, 0.15) is 6.42 Å². The van der Waals surface area contributed by atoms with Crippen molar-refractivity contribution in [2.24, 2.45) is 0 Å². The van der Waals surface area contributed by atoms with Gasteiger partial charge in [-0.15, -0.1) is 27.1 Å². The Morgan fingerprint density at radius 1 is 1.42 bits per heavy atom. The van der Waals surface area contributed by atoms with Crippen molar-refractivity contribution in [2.75, 3.05) is 30.9 Å². The Morgan fingerprint density at radius 2 is 2.32 bits per heavy atom. The minimum atomic E-state index is 0.379. The molecular formula is C12H15N5OS. The predicted octanol–water partition coefficient (Wildman–Crippen LogP) is 0.835. The van der Waals surface area contributed by atoms with E-state index in [2.05, 4.69) is 20.2 Å². The lowest BCUT2D eigenvalue weighted by atomic mass is 9.93. The zero-order valence-electron chi connectivity index (χ0n) is 10.7. The second kappa shape index (κ2) is 4.08. The van der Waals surface area contributed by atoms with E-state index >= 15 is 0 Å². The highest BCUT2D eigenvalue weighted by atomic mass is 32.2. The smallest absolute Gasteiger partial charge is 0.177 e. The summed E-state index contributed by atoms with van der Waals surface area (Å²) in [5.41, 5.74) is 0.786. The molecule has 2 saturated heterocycles. The van der Waals surface area contributed by atoms with Gasteiger partial charge in [-0.25, -0.2) is 0 Å². The first-order valence-corrected chi connectivity index (χ1v) is 7.35. The highest BCUT2D eigenvalue weighted by Gasteiger charge is 2.49. The van der Waals surface area contributed by atoms with Crippen molar-refractivity contribution in [3.8, 4) is 0 Å². The first-order valence-electron chi connectivity index (χ1n) is 6.37. The molecule has 7 heteroatoms. The molecule has 1 unspecified atom stereocenters. The maximum atomic E-state index is 5.45. The number of methoxy groups -OCH3 is 1. The van der Waals surface area contributed by atoms with Crippen LogP contribution in [0.5, 0.6) is 0 Å². The number of hydrogen-bond acceptors (Lipinski definition) is 6. The minimum Gasteiger partial charge on any atom is -0.381 e. The molecule has 1 spiro atoms. The molecule has 2 fully saturated rings. The van der Waals surface area contributed by atoms with Crippen molar-refractivity contribution in [3.05, 3.63) is 18.5 Å². The largest absolute Gasteiger partial charge is 0.381 e. The molecule has 0 aliphatic carbocycles. The van der Waals surface area contributed by atoms with Gasteiger partial charge >= 0.3 is 0 Å². The van der Waals surface area contributed by atoms with Crippen molar-refractivity contribution in [3.63, 3.8) is 0 Å². The number of hydrogen-bond donors (Lipinski definition) is 0. The van der Waals surface area contributed by atoms with Crippen molar-refractivity contribution < 1.29 is 4.74 Å². The zero-order chi connectivity index (χ0) is 12.9. The average molecular weight is 277 g/mol. The van der Waals surface area contributed by atoms with Crippen LogP contribution in [0.3, 0.4) is 0 Å². The van der Waals surface area contributed by atoms with Crippen molar-refractivity contribution in [1.29, 1.82) is 0 Å². The van der Waals surface area contributed by atoms with Gasteiger partial charge in [0.25, 0.3) is 0 Å². The van der Waals surface area contributed by atoms with E-state index in [-0.39, 0.29) is 0 Å². The standard InChI is InChI=1S/C12H15N5OS/c1-18-9-4-12(19-5-9)6-16(7-12)11-3-2-10-14-13-8-17(10)15-11/h2-3,8-9H,4-7H2,1H3. The summed E-state index contributed by atoms with van der Waals surface area (Å²) in [4.78, 5) is 2.31. The molecule has 0 bridgehead atoms. The minimum absolute atomic E-state index is 0.379. The normalized spacial score (nSPS) is 25.1. The third-order valence-electron chi connectivity index (χ3n) is 3.94. The number of rotatable bonds is 2. The van der Waals surface area contributed by atoms with Crippen molar-refractivity contribution in [1.82, 2.24) is 19.8 Å². The summed E-state index contributed by atoms with van der Waals surface area (Å²) in [6, 6.07) is 3.98. The Labute approximate surface area is 115 Å². The summed E-state index contributed by atoms with van der Waals surface area (Å²) in [6.07, 6.45) is 3.21. The van der Waals surface area contributed by atoms with E-state index < -0.39 is 0 Å². The number of nitrogens with zero attached hydrogens (tertiary/aromatic N) is 5. The molecule has 19 heavy (non-hydrogen) atoms. The number of fused-ring (bicyclic) bond motifs is 1. The highest BCUT2D eigenvalue weighted by molar-refractivity contribution is 8.01. The van der Waals surface area contributed by atoms with E-state index in [9.17, 15) is 0 Å². The van der Waals surface area contributed by atoms with Gasteiger partial charge in [-0.1, -0.05) is 0 Å². The van der Waals surface area contributed by atoms with E-state index in [1.165, 1.54) is 0 Å². The van der Waals surface area contributed by atoms with Gasteiger partial charge in [0.05, 0.1) is 10.9 Å². The topological polar surface area (TPSA) is 55.5 Å². The molecule has 100 valence electrons. The van der Waals surface area contributed by atoms with E-state index in [0.717, 1.165) is 36.7 Å². The van der Waals surface area contributed by atoms with Gasteiger partial charge in [0, 0.05) is 26.0 Å². The second-order valence-electron chi connectivity index (χ2n) is 5.24. The summed E-state index contributed by atoms with van der Waals surface area (Å²) in [7, 11) is 1.81. The molecule has 2 aliphatic heterocycles. The monoisotopic (exact) mass is 277 g/mol. The third kappa shape index (κ3) is 1.80. The van der Waals surface area contributed by atoms with E-state index in [4.69, 9.17) is 4.74 Å². The van der Waals surface area contributed by atoms with Crippen LogP contribution in [0.15, 0.2) is 18.5 Å². The van der Waals surface area contributed by atoms with Crippen LogP contribution in [-0.4, -0.2) is 56.6 Å². The van der Waals surface area contributed by atoms with Crippen LogP contribution >= 0.6 is 11.8 Å². The Morgan fingerprint density at radius 3 is 3.11 bits per heavy atom. The number of aromatic nitrogens is 4. The highest BCUT2D eigenvalue weighted by Crippen LogP contribution is 2.46. The van der Waals surface area contributed by atoms with Crippen LogP contribution in [0, 0.1) is 0 Å².